The number of hydrogen-bond donors (Lipinski definition) is 4. The van der Waals surface area contributed by atoms with Crippen molar-refractivity contribution in [3.8, 4) is 11.5 Å². The van der Waals surface area contributed by atoms with Crippen molar-refractivity contribution in [1.82, 2.24) is 0 Å². The van der Waals surface area contributed by atoms with Gasteiger partial charge in [0.2, 0.25) is 5.41 Å². The lowest BCUT2D eigenvalue weighted by Gasteiger charge is -2.38. The lowest BCUT2D eigenvalue weighted by Crippen LogP contribution is -2.54. The van der Waals surface area contributed by atoms with E-state index in [4.69, 9.17) is 20.4 Å². The molecule has 0 aromatic heterocycles. The Bertz CT molecular complexity index is 1120. The zero-order chi connectivity index (χ0) is 40.2. The van der Waals surface area contributed by atoms with E-state index in [0.717, 1.165) is 49.9 Å². The van der Waals surface area contributed by atoms with E-state index in [2.05, 4.69) is 13.8 Å². The normalized spacial score (nSPS) is 11.6. The molecule has 12 heteroatoms. The van der Waals surface area contributed by atoms with Crippen molar-refractivity contribution in [3.63, 3.8) is 0 Å². The highest BCUT2D eigenvalue weighted by atomic mass is 19.4. The molecule has 0 heterocycles. The Labute approximate surface area is 312 Å². The van der Waals surface area contributed by atoms with Crippen LogP contribution in [-0.2, 0) is 15.0 Å². The first kappa shape index (κ1) is 49.6. The third-order valence-corrected chi connectivity index (χ3v) is 8.94. The number of hydrogen-bond acceptors (Lipinski definition) is 4. The summed E-state index contributed by atoms with van der Waals surface area (Å²) in [6.07, 6.45) is 14.4. The Morgan fingerprint density at radius 2 is 0.660 bits per heavy atom. The minimum absolute atomic E-state index is 0.344. The van der Waals surface area contributed by atoms with E-state index < -0.39 is 52.3 Å². The molecule has 0 atom stereocenters. The summed E-state index contributed by atoms with van der Waals surface area (Å²) in [4.78, 5) is 20.5. The lowest BCUT2D eigenvalue weighted by molar-refractivity contribution is -0.288. The summed E-state index contributed by atoms with van der Waals surface area (Å²) in [6, 6.07) is 5.30. The summed E-state index contributed by atoms with van der Waals surface area (Å²) in [5, 5.41) is 35.2. The van der Waals surface area contributed by atoms with E-state index in [1.165, 1.54) is 103 Å². The van der Waals surface area contributed by atoms with Crippen LogP contribution in [0.2, 0.25) is 0 Å². The molecule has 0 amide bonds. The van der Waals surface area contributed by atoms with Gasteiger partial charge in [-0.15, -0.1) is 0 Å². The molecule has 0 aliphatic heterocycles. The molecule has 6 nitrogen and oxygen atoms in total. The number of carbonyl (C=O) groups is 2. The first-order valence-electron chi connectivity index (χ1n) is 19.2. The zero-order valence-electron chi connectivity index (χ0n) is 31.5. The Morgan fingerprint density at radius 3 is 0.868 bits per heavy atom. The lowest BCUT2D eigenvalue weighted by atomic mass is 9.73. The third-order valence-electron chi connectivity index (χ3n) is 8.94. The first-order chi connectivity index (χ1) is 25.0. The van der Waals surface area contributed by atoms with Crippen molar-refractivity contribution in [2.24, 2.45) is 0 Å². The van der Waals surface area contributed by atoms with Gasteiger partial charge in [0, 0.05) is 12.8 Å². The molecular weight excluding hydrogens is 702 g/mol. The van der Waals surface area contributed by atoms with Gasteiger partial charge in [-0.2, -0.15) is 26.3 Å². The summed E-state index contributed by atoms with van der Waals surface area (Å²) in [6.45, 7) is 4.48. The van der Waals surface area contributed by atoms with Gasteiger partial charge < -0.3 is 20.4 Å². The average molecular weight is 765 g/mol. The molecule has 0 saturated carbocycles. The quantitative estimate of drug-likeness (QED) is 0.0625. The second kappa shape index (κ2) is 28.1. The smallest absolute Gasteiger partial charge is 0.411 e. The van der Waals surface area contributed by atoms with E-state index in [9.17, 15) is 35.9 Å². The van der Waals surface area contributed by atoms with Gasteiger partial charge >= 0.3 is 24.3 Å². The minimum Gasteiger partial charge on any atom is -0.508 e. The predicted molar refractivity (Wildman–Crippen MR) is 197 cm³/mol. The van der Waals surface area contributed by atoms with E-state index in [0.29, 0.717) is 37.1 Å². The number of phenolic OH excluding ortho intramolecular Hbond substituents is 2. The van der Waals surface area contributed by atoms with E-state index in [1.54, 1.807) is 0 Å². The van der Waals surface area contributed by atoms with Gasteiger partial charge in [0.05, 0.1) is 0 Å². The first-order valence-corrected chi connectivity index (χ1v) is 19.2. The van der Waals surface area contributed by atoms with Crippen LogP contribution in [0.3, 0.4) is 0 Å². The van der Waals surface area contributed by atoms with E-state index in [-0.39, 0.29) is 0 Å². The molecule has 0 aliphatic carbocycles. The number of phenols is 2. The molecule has 2 aromatic rings. The summed E-state index contributed by atoms with van der Waals surface area (Å²) in [5.41, 5.74) is -6.44. The van der Waals surface area contributed by atoms with Gasteiger partial charge in [-0.05, 0) is 48.2 Å². The van der Waals surface area contributed by atoms with Crippen molar-refractivity contribution < 1.29 is 56.4 Å². The van der Waals surface area contributed by atoms with Crippen molar-refractivity contribution in [3.05, 3.63) is 59.7 Å². The number of unbranched alkanes of at least 4 members (excludes halogenated alkanes) is 18. The van der Waals surface area contributed by atoms with Crippen LogP contribution in [-0.4, -0.2) is 44.7 Å². The third kappa shape index (κ3) is 21.1. The van der Waals surface area contributed by atoms with Gasteiger partial charge in [0.1, 0.15) is 11.5 Å². The van der Waals surface area contributed by atoms with Crippen LogP contribution < -0.4 is 0 Å². The second-order valence-electron chi connectivity index (χ2n) is 13.5. The van der Waals surface area contributed by atoms with Crippen molar-refractivity contribution in [2.45, 2.75) is 173 Å². The number of halogens is 6. The van der Waals surface area contributed by atoms with Crippen LogP contribution in [0.4, 0.5) is 26.3 Å². The molecule has 304 valence electrons. The molecule has 0 radical (unpaired) electrons. The SMILES string of the molecule is CCCCCCCCCCCCC(=O)O.CCCCCCCCCCCCC(=O)O.Oc1ccc(C(c2ccc(O)cc2)(C(F)(F)F)C(F)(F)F)cc1. The Morgan fingerprint density at radius 1 is 0.434 bits per heavy atom. The fourth-order valence-corrected chi connectivity index (χ4v) is 5.93. The number of alkyl halides is 6. The molecule has 0 fully saturated rings. The highest BCUT2D eigenvalue weighted by molar-refractivity contribution is 5.66. The maximum atomic E-state index is 13.6. The van der Waals surface area contributed by atoms with Crippen LogP contribution in [0.5, 0.6) is 11.5 Å². The summed E-state index contributed by atoms with van der Waals surface area (Å²) < 4.78 is 81.6. The topological polar surface area (TPSA) is 115 Å². The number of aromatic hydroxyl groups is 2. The van der Waals surface area contributed by atoms with Gasteiger partial charge in [0.25, 0.3) is 0 Å². The Hall–Kier alpha value is -3.44. The van der Waals surface area contributed by atoms with Gasteiger partial charge in [-0.1, -0.05) is 154 Å². The number of benzene rings is 2. The van der Waals surface area contributed by atoms with Crippen LogP contribution >= 0.6 is 0 Å². The molecule has 2 rings (SSSR count). The average Bonchev–Trinajstić information content (AvgIpc) is 3.07. The van der Waals surface area contributed by atoms with Crippen LogP contribution in [0.1, 0.15) is 166 Å². The minimum atomic E-state index is -5.70. The predicted octanol–water partition coefficient (Wildman–Crippen LogP) is 13.3. The molecular formula is C41H62F6O6. The highest BCUT2D eigenvalue weighted by Crippen LogP contribution is 2.56. The molecule has 0 saturated heterocycles. The molecule has 4 N–H and O–H groups in total. The highest BCUT2D eigenvalue weighted by Gasteiger charge is 2.72. The number of carboxylic acid groups (broad SMARTS) is 2. The van der Waals surface area contributed by atoms with Crippen molar-refractivity contribution in [2.75, 3.05) is 0 Å². The zero-order valence-corrected chi connectivity index (χ0v) is 31.5. The van der Waals surface area contributed by atoms with Crippen LogP contribution in [0, 0.1) is 0 Å². The monoisotopic (exact) mass is 764 g/mol. The number of carboxylic acids is 2. The van der Waals surface area contributed by atoms with Gasteiger partial charge in [-0.25, -0.2) is 0 Å². The largest absolute Gasteiger partial charge is 0.508 e. The van der Waals surface area contributed by atoms with E-state index in [1.807, 2.05) is 0 Å². The molecule has 0 unspecified atom stereocenters. The molecule has 0 aliphatic rings. The molecule has 53 heavy (non-hydrogen) atoms. The maximum absolute atomic E-state index is 13.6. The van der Waals surface area contributed by atoms with Gasteiger partial charge in [-0.3, -0.25) is 9.59 Å². The van der Waals surface area contributed by atoms with Gasteiger partial charge in [0.15, 0.2) is 0 Å². The second-order valence-corrected chi connectivity index (χ2v) is 13.5. The van der Waals surface area contributed by atoms with E-state index >= 15 is 0 Å². The van der Waals surface area contributed by atoms with Crippen LogP contribution in [0.15, 0.2) is 48.5 Å². The summed E-state index contributed by atoms with van der Waals surface area (Å²) >= 11 is 0. The standard InChI is InChI=1S/C15H10F6O2.2C13H26O2/c16-14(17,18)13(15(19,20)21,9-1-5-11(22)6-2-9)10-3-7-12(23)8-4-10;2*1-2-3-4-5-6-7-8-9-10-11-12-13(14)15/h1-8,22-23H;2*2-12H2,1H3,(H,14,15). The molecule has 0 spiro atoms. The maximum Gasteiger partial charge on any atom is 0.411 e. The van der Waals surface area contributed by atoms with Crippen molar-refractivity contribution >= 4 is 11.9 Å². The Balaban J connectivity index is 0.000000799. The fourth-order valence-electron chi connectivity index (χ4n) is 5.93. The fraction of sp³-hybridized carbons (Fsp3) is 0.659. The Kier molecular flexibility index (Phi) is 26.2. The molecule has 0 bridgehead atoms. The van der Waals surface area contributed by atoms with Crippen molar-refractivity contribution in [1.29, 1.82) is 0 Å². The van der Waals surface area contributed by atoms with Crippen LogP contribution in [0.25, 0.3) is 0 Å². The molecule has 2 aromatic carbocycles. The summed E-state index contributed by atoms with van der Waals surface area (Å²) in [5.74, 6) is -2.24. The number of aliphatic carboxylic acids is 2. The summed E-state index contributed by atoms with van der Waals surface area (Å²) in [7, 11) is 0. The number of rotatable bonds is 24.